The maximum Gasteiger partial charge on any atom is 0.274 e. The molecule has 0 saturated heterocycles. The van der Waals surface area contributed by atoms with Crippen LogP contribution in [0, 0.1) is 6.92 Å². The lowest BCUT2D eigenvalue weighted by Crippen LogP contribution is -2.10. The molecule has 0 atom stereocenters. The van der Waals surface area contributed by atoms with Crippen LogP contribution in [0.3, 0.4) is 0 Å². The number of halogens is 2. The Bertz CT molecular complexity index is 602. The molecule has 2 aromatic rings. The molecule has 6 heteroatoms. The van der Waals surface area contributed by atoms with Crippen LogP contribution in [0.2, 0.25) is 0 Å². The van der Waals surface area contributed by atoms with Crippen molar-refractivity contribution in [3.8, 4) is 16.9 Å². The van der Waals surface area contributed by atoms with E-state index >= 15 is 0 Å². The second-order valence-electron chi connectivity index (χ2n) is 4.48. The molecule has 0 aliphatic rings. The van der Waals surface area contributed by atoms with Gasteiger partial charge in [0.1, 0.15) is 11.6 Å². The van der Waals surface area contributed by atoms with Crippen LogP contribution in [0.15, 0.2) is 18.3 Å². The van der Waals surface area contributed by atoms with Gasteiger partial charge in [-0.1, -0.05) is 0 Å². The monoisotopic (exact) mass is 267 g/mol. The van der Waals surface area contributed by atoms with Crippen LogP contribution in [-0.2, 0) is 5.92 Å². The van der Waals surface area contributed by atoms with E-state index < -0.39 is 5.92 Å². The lowest BCUT2D eigenvalue weighted by Gasteiger charge is -2.19. The molecule has 2 rings (SSSR count). The van der Waals surface area contributed by atoms with Gasteiger partial charge in [0.25, 0.3) is 5.92 Å². The highest BCUT2D eigenvalue weighted by Crippen LogP contribution is 2.42. The third-order valence-corrected chi connectivity index (χ3v) is 2.87. The number of alkyl halides is 2. The molecule has 102 valence electrons. The van der Waals surface area contributed by atoms with E-state index in [1.54, 1.807) is 13.0 Å². The minimum Gasteiger partial charge on any atom is -0.496 e. The zero-order valence-electron chi connectivity index (χ0n) is 10.9. The number of H-pyrrole nitrogens is 1. The van der Waals surface area contributed by atoms with Gasteiger partial charge >= 0.3 is 0 Å². The topological polar surface area (TPSA) is 63.9 Å². The number of nitrogens with two attached hydrogens (primary N) is 1. The maximum atomic E-state index is 13.7. The van der Waals surface area contributed by atoms with E-state index in [0.29, 0.717) is 22.5 Å². The molecule has 0 aliphatic carbocycles. The summed E-state index contributed by atoms with van der Waals surface area (Å²) in [6.07, 6.45) is 1.49. The number of hydrogen-bond donors (Lipinski definition) is 2. The largest absolute Gasteiger partial charge is 0.496 e. The van der Waals surface area contributed by atoms with Gasteiger partial charge in [-0.25, -0.2) is 8.78 Å². The highest BCUT2D eigenvalue weighted by Gasteiger charge is 2.31. The molecule has 3 N–H and O–H groups in total. The summed E-state index contributed by atoms with van der Waals surface area (Å²) < 4.78 is 32.5. The van der Waals surface area contributed by atoms with Crippen LogP contribution in [-0.4, -0.2) is 17.3 Å². The second-order valence-corrected chi connectivity index (χ2v) is 4.48. The minimum atomic E-state index is -3.00. The minimum absolute atomic E-state index is 0.117. The molecule has 1 heterocycles. The summed E-state index contributed by atoms with van der Waals surface area (Å²) in [6.45, 7) is 2.58. The summed E-state index contributed by atoms with van der Waals surface area (Å²) >= 11 is 0. The van der Waals surface area contributed by atoms with E-state index in [1.807, 2.05) is 0 Å². The summed E-state index contributed by atoms with van der Waals surface area (Å²) in [5.41, 5.74) is 7.34. The van der Waals surface area contributed by atoms with Crippen LogP contribution in [0.1, 0.15) is 18.1 Å². The number of anilines is 1. The third kappa shape index (κ3) is 2.38. The average Bonchev–Trinajstić information content (AvgIpc) is 2.73. The van der Waals surface area contributed by atoms with Gasteiger partial charge in [0.05, 0.1) is 18.9 Å². The van der Waals surface area contributed by atoms with Gasteiger partial charge in [-0.05, 0) is 24.6 Å². The number of benzene rings is 1. The van der Waals surface area contributed by atoms with Crippen LogP contribution < -0.4 is 10.5 Å². The van der Waals surface area contributed by atoms with E-state index in [1.165, 1.54) is 19.4 Å². The van der Waals surface area contributed by atoms with Crippen molar-refractivity contribution in [1.82, 2.24) is 10.2 Å². The molecule has 0 radical (unpaired) electrons. The van der Waals surface area contributed by atoms with Crippen LogP contribution in [0.5, 0.6) is 5.75 Å². The Balaban J connectivity index is 2.75. The van der Waals surface area contributed by atoms with Crippen LogP contribution in [0.4, 0.5) is 14.6 Å². The standard InChI is InChI=1S/C13H15F2N3O/c1-7-4-8(9-6-17-18-12(9)16)11(19-3)10(5-7)13(2,14)15/h4-6H,1-3H3,(H3,16,17,18). The number of hydrogen-bond acceptors (Lipinski definition) is 3. The van der Waals surface area contributed by atoms with Crippen molar-refractivity contribution < 1.29 is 13.5 Å². The Hall–Kier alpha value is -2.11. The van der Waals surface area contributed by atoms with Crippen molar-refractivity contribution in [3.05, 3.63) is 29.5 Å². The van der Waals surface area contributed by atoms with Gasteiger partial charge in [0.15, 0.2) is 0 Å². The second kappa shape index (κ2) is 4.53. The Kier molecular flexibility index (Phi) is 3.18. The zero-order valence-corrected chi connectivity index (χ0v) is 10.9. The molecular weight excluding hydrogens is 252 g/mol. The molecule has 4 nitrogen and oxygen atoms in total. The molecule has 0 fully saturated rings. The first-order valence-electron chi connectivity index (χ1n) is 5.70. The molecule has 0 bridgehead atoms. The predicted octanol–water partition coefficient (Wildman–Crippen LogP) is 3.09. The fraction of sp³-hybridized carbons (Fsp3) is 0.308. The highest BCUT2D eigenvalue weighted by atomic mass is 19.3. The Morgan fingerprint density at radius 3 is 2.47 bits per heavy atom. The number of ether oxygens (including phenoxy) is 1. The SMILES string of the molecule is COc1c(-c2cn[nH]c2N)cc(C)cc1C(C)(F)F. The van der Waals surface area contributed by atoms with Crippen molar-refractivity contribution in [2.45, 2.75) is 19.8 Å². The van der Waals surface area contributed by atoms with E-state index in [0.717, 1.165) is 6.92 Å². The number of nitrogens with zero attached hydrogens (tertiary/aromatic N) is 1. The molecule has 0 saturated carbocycles. The Labute approximate surface area is 109 Å². The summed E-state index contributed by atoms with van der Waals surface area (Å²) in [5, 5.41) is 6.38. The van der Waals surface area contributed by atoms with Gasteiger partial charge in [0, 0.05) is 18.1 Å². The predicted molar refractivity (Wildman–Crippen MR) is 69.3 cm³/mol. The summed E-state index contributed by atoms with van der Waals surface area (Å²) in [6, 6.07) is 3.16. The lowest BCUT2D eigenvalue weighted by atomic mass is 9.97. The first kappa shape index (κ1) is 13.3. The van der Waals surface area contributed by atoms with Crippen LogP contribution in [0.25, 0.3) is 11.1 Å². The first-order valence-corrected chi connectivity index (χ1v) is 5.70. The van der Waals surface area contributed by atoms with E-state index in [2.05, 4.69) is 10.2 Å². The summed E-state index contributed by atoms with van der Waals surface area (Å²) in [5.74, 6) is -2.56. The first-order chi connectivity index (χ1) is 8.84. The Morgan fingerprint density at radius 1 is 1.32 bits per heavy atom. The number of rotatable bonds is 3. The van der Waals surface area contributed by atoms with E-state index in [9.17, 15) is 8.78 Å². The number of aromatic amines is 1. The highest BCUT2D eigenvalue weighted by molar-refractivity contribution is 5.80. The zero-order chi connectivity index (χ0) is 14.2. The number of nitrogens with one attached hydrogen (secondary N) is 1. The average molecular weight is 267 g/mol. The van der Waals surface area contributed by atoms with Crippen molar-refractivity contribution in [3.63, 3.8) is 0 Å². The smallest absolute Gasteiger partial charge is 0.274 e. The van der Waals surface area contributed by atoms with Gasteiger partial charge in [-0.2, -0.15) is 5.10 Å². The molecule has 0 unspecified atom stereocenters. The van der Waals surface area contributed by atoms with Gasteiger partial charge < -0.3 is 10.5 Å². The number of aryl methyl sites for hydroxylation is 1. The van der Waals surface area contributed by atoms with Crippen molar-refractivity contribution in [1.29, 1.82) is 0 Å². The maximum absolute atomic E-state index is 13.7. The molecule has 0 amide bonds. The van der Waals surface area contributed by atoms with Gasteiger partial charge in [0.2, 0.25) is 0 Å². The van der Waals surface area contributed by atoms with E-state index in [-0.39, 0.29) is 11.3 Å². The van der Waals surface area contributed by atoms with Crippen molar-refractivity contribution in [2.24, 2.45) is 0 Å². The van der Waals surface area contributed by atoms with Gasteiger partial charge in [-0.3, -0.25) is 5.10 Å². The van der Waals surface area contributed by atoms with Crippen molar-refractivity contribution in [2.75, 3.05) is 12.8 Å². The van der Waals surface area contributed by atoms with Crippen LogP contribution >= 0.6 is 0 Å². The summed E-state index contributed by atoms with van der Waals surface area (Å²) in [7, 11) is 1.36. The molecule has 1 aromatic heterocycles. The lowest BCUT2D eigenvalue weighted by molar-refractivity contribution is 0.0151. The fourth-order valence-corrected chi connectivity index (χ4v) is 2.03. The molecule has 0 spiro atoms. The quantitative estimate of drug-likeness (QED) is 0.898. The van der Waals surface area contributed by atoms with Gasteiger partial charge in [-0.15, -0.1) is 0 Å². The fourth-order valence-electron chi connectivity index (χ4n) is 2.03. The molecule has 0 aliphatic heterocycles. The van der Waals surface area contributed by atoms with Crippen molar-refractivity contribution >= 4 is 5.82 Å². The molecular formula is C13H15F2N3O. The Morgan fingerprint density at radius 2 is 2.00 bits per heavy atom. The normalized spacial score (nSPS) is 11.6. The van der Waals surface area contributed by atoms with E-state index in [4.69, 9.17) is 10.5 Å². The summed E-state index contributed by atoms with van der Waals surface area (Å²) in [4.78, 5) is 0. The number of methoxy groups -OCH3 is 1. The molecule has 1 aromatic carbocycles. The third-order valence-electron chi connectivity index (χ3n) is 2.87. The number of nitrogen functional groups attached to an aromatic ring is 1. The number of aromatic nitrogens is 2. The molecule has 19 heavy (non-hydrogen) atoms.